The Balaban J connectivity index is 2.08. The van der Waals surface area contributed by atoms with Crippen LogP contribution in [-0.2, 0) is 0 Å². The van der Waals surface area contributed by atoms with Crippen LogP contribution in [0.15, 0.2) is 47.1 Å². The fourth-order valence-electron chi connectivity index (χ4n) is 2.55. The second-order valence-corrected chi connectivity index (χ2v) is 6.45. The Morgan fingerprint density at radius 3 is 2.48 bits per heavy atom. The fraction of sp³-hybridized carbons (Fsp3) is 0.450. The highest BCUT2D eigenvalue weighted by Crippen LogP contribution is 2.23. The van der Waals surface area contributed by atoms with Gasteiger partial charge < -0.3 is 19.4 Å². The standard InChI is InChI=1S/C20H28N2O3/c1-5-24-18-10-8-17(9-11-18)21-20(23)22(13-12-15(2)3)16(4)19-7-6-14-25-19/h6-11,14-16H,5,12-13H2,1-4H3,(H,21,23)/t16-/m1/s1. The summed E-state index contributed by atoms with van der Waals surface area (Å²) in [6.45, 7) is 9.52. The molecule has 5 heteroatoms. The number of hydrogen-bond donors (Lipinski definition) is 1. The highest BCUT2D eigenvalue weighted by Gasteiger charge is 2.23. The van der Waals surface area contributed by atoms with Gasteiger partial charge in [0.15, 0.2) is 0 Å². The Morgan fingerprint density at radius 2 is 1.92 bits per heavy atom. The van der Waals surface area contributed by atoms with E-state index < -0.39 is 0 Å². The van der Waals surface area contributed by atoms with Gasteiger partial charge in [-0.05, 0) is 62.6 Å². The van der Waals surface area contributed by atoms with E-state index in [2.05, 4.69) is 19.2 Å². The molecule has 2 rings (SSSR count). The van der Waals surface area contributed by atoms with Crippen molar-refractivity contribution in [2.75, 3.05) is 18.5 Å². The molecule has 0 aliphatic rings. The van der Waals surface area contributed by atoms with E-state index in [1.165, 1.54) is 0 Å². The average molecular weight is 344 g/mol. The molecule has 0 saturated heterocycles. The molecule has 1 aromatic heterocycles. The number of carbonyl (C=O) groups is 1. The number of ether oxygens (including phenoxy) is 1. The van der Waals surface area contributed by atoms with Gasteiger partial charge in [0.2, 0.25) is 0 Å². The third-order valence-electron chi connectivity index (χ3n) is 4.05. The third kappa shape index (κ3) is 5.55. The second kappa shape index (κ2) is 9.16. The number of hydrogen-bond acceptors (Lipinski definition) is 3. The van der Waals surface area contributed by atoms with E-state index in [0.717, 1.165) is 23.6 Å². The summed E-state index contributed by atoms with van der Waals surface area (Å²) in [6.07, 6.45) is 2.57. The minimum absolute atomic E-state index is 0.128. The first-order chi connectivity index (χ1) is 12.0. The molecule has 5 nitrogen and oxygen atoms in total. The lowest BCUT2D eigenvalue weighted by Crippen LogP contribution is -2.38. The molecule has 1 atom stereocenters. The minimum Gasteiger partial charge on any atom is -0.494 e. The van der Waals surface area contributed by atoms with Crippen LogP contribution >= 0.6 is 0 Å². The van der Waals surface area contributed by atoms with Gasteiger partial charge in [-0.25, -0.2) is 4.79 Å². The molecular weight excluding hydrogens is 316 g/mol. The van der Waals surface area contributed by atoms with Gasteiger partial charge in [0, 0.05) is 12.2 Å². The van der Waals surface area contributed by atoms with Crippen LogP contribution in [0.2, 0.25) is 0 Å². The molecule has 0 aliphatic heterocycles. The van der Waals surface area contributed by atoms with E-state index in [9.17, 15) is 4.79 Å². The van der Waals surface area contributed by atoms with Crippen LogP contribution < -0.4 is 10.1 Å². The predicted molar refractivity (Wildman–Crippen MR) is 99.9 cm³/mol. The van der Waals surface area contributed by atoms with E-state index in [4.69, 9.17) is 9.15 Å². The van der Waals surface area contributed by atoms with Crippen LogP contribution in [0.4, 0.5) is 10.5 Å². The van der Waals surface area contributed by atoms with Crippen molar-refractivity contribution in [1.29, 1.82) is 0 Å². The maximum absolute atomic E-state index is 12.8. The lowest BCUT2D eigenvalue weighted by Gasteiger charge is -2.29. The summed E-state index contributed by atoms with van der Waals surface area (Å²) in [5.41, 5.74) is 0.745. The lowest BCUT2D eigenvalue weighted by molar-refractivity contribution is 0.179. The molecule has 25 heavy (non-hydrogen) atoms. The van der Waals surface area contributed by atoms with Gasteiger partial charge in [-0.1, -0.05) is 13.8 Å². The van der Waals surface area contributed by atoms with Crippen molar-refractivity contribution < 1.29 is 13.9 Å². The van der Waals surface area contributed by atoms with E-state index >= 15 is 0 Å². The van der Waals surface area contributed by atoms with Crippen molar-refractivity contribution >= 4 is 11.7 Å². The van der Waals surface area contributed by atoms with Crippen molar-refractivity contribution in [3.63, 3.8) is 0 Å². The number of rotatable bonds is 8. The molecule has 0 unspecified atom stereocenters. The number of anilines is 1. The SMILES string of the molecule is CCOc1ccc(NC(=O)N(CCC(C)C)[C@H](C)c2ccco2)cc1. The Morgan fingerprint density at radius 1 is 1.20 bits per heavy atom. The van der Waals surface area contributed by atoms with Gasteiger partial charge in [0.25, 0.3) is 0 Å². The van der Waals surface area contributed by atoms with Crippen LogP contribution in [0.3, 0.4) is 0 Å². The quantitative estimate of drug-likeness (QED) is 0.705. The normalized spacial score (nSPS) is 12.0. The number of benzene rings is 1. The average Bonchev–Trinajstić information content (AvgIpc) is 3.11. The molecule has 0 spiro atoms. The molecule has 0 fully saturated rings. The fourth-order valence-corrected chi connectivity index (χ4v) is 2.55. The topological polar surface area (TPSA) is 54.7 Å². The summed E-state index contributed by atoms with van der Waals surface area (Å²) in [5, 5.41) is 2.97. The zero-order chi connectivity index (χ0) is 18.2. The summed E-state index contributed by atoms with van der Waals surface area (Å²) in [4.78, 5) is 14.6. The monoisotopic (exact) mass is 344 g/mol. The number of nitrogens with one attached hydrogen (secondary N) is 1. The number of furan rings is 1. The Bertz CT molecular complexity index is 635. The van der Waals surface area contributed by atoms with Crippen molar-refractivity contribution in [3.05, 3.63) is 48.4 Å². The first-order valence-corrected chi connectivity index (χ1v) is 8.85. The predicted octanol–water partition coefficient (Wildman–Crippen LogP) is 5.32. The largest absolute Gasteiger partial charge is 0.494 e. The Kier molecular flexibility index (Phi) is 6.92. The van der Waals surface area contributed by atoms with Gasteiger partial charge >= 0.3 is 6.03 Å². The zero-order valence-electron chi connectivity index (χ0n) is 15.5. The summed E-state index contributed by atoms with van der Waals surface area (Å²) >= 11 is 0. The second-order valence-electron chi connectivity index (χ2n) is 6.45. The van der Waals surface area contributed by atoms with Crippen molar-refractivity contribution in [3.8, 4) is 5.75 Å². The smallest absolute Gasteiger partial charge is 0.322 e. The maximum Gasteiger partial charge on any atom is 0.322 e. The van der Waals surface area contributed by atoms with Crippen molar-refractivity contribution in [2.24, 2.45) is 5.92 Å². The number of nitrogens with zero attached hydrogens (tertiary/aromatic N) is 1. The molecule has 0 aliphatic carbocycles. The highest BCUT2D eigenvalue weighted by atomic mass is 16.5. The van der Waals surface area contributed by atoms with Gasteiger partial charge in [-0.15, -0.1) is 0 Å². The Hall–Kier alpha value is -2.43. The number of amides is 2. The van der Waals surface area contributed by atoms with Crippen LogP contribution in [0.1, 0.15) is 45.9 Å². The van der Waals surface area contributed by atoms with E-state index in [1.54, 1.807) is 6.26 Å². The molecule has 2 amide bonds. The molecule has 2 aromatic rings. The van der Waals surface area contributed by atoms with Gasteiger partial charge in [-0.3, -0.25) is 0 Å². The summed E-state index contributed by atoms with van der Waals surface area (Å²) in [7, 11) is 0. The van der Waals surface area contributed by atoms with E-state index in [1.807, 2.05) is 55.1 Å². The lowest BCUT2D eigenvalue weighted by atomic mass is 10.1. The molecule has 1 N–H and O–H groups in total. The molecule has 0 bridgehead atoms. The number of urea groups is 1. The van der Waals surface area contributed by atoms with Crippen LogP contribution in [0, 0.1) is 5.92 Å². The highest BCUT2D eigenvalue weighted by molar-refractivity contribution is 5.89. The molecule has 0 radical (unpaired) electrons. The van der Waals surface area contributed by atoms with E-state index in [-0.39, 0.29) is 12.1 Å². The summed E-state index contributed by atoms with van der Waals surface area (Å²) in [5.74, 6) is 2.09. The first-order valence-electron chi connectivity index (χ1n) is 8.85. The molecule has 1 aromatic carbocycles. The molecular formula is C20H28N2O3. The van der Waals surface area contributed by atoms with Crippen LogP contribution in [0.25, 0.3) is 0 Å². The molecule has 1 heterocycles. The zero-order valence-corrected chi connectivity index (χ0v) is 15.5. The van der Waals surface area contributed by atoms with Crippen molar-refractivity contribution in [1.82, 2.24) is 4.90 Å². The summed E-state index contributed by atoms with van der Waals surface area (Å²) in [6, 6.07) is 10.9. The summed E-state index contributed by atoms with van der Waals surface area (Å²) < 4.78 is 10.9. The Labute approximate surface area is 150 Å². The van der Waals surface area contributed by atoms with Crippen LogP contribution in [0.5, 0.6) is 5.75 Å². The number of carbonyl (C=O) groups excluding carboxylic acids is 1. The van der Waals surface area contributed by atoms with E-state index in [0.29, 0.717) is 19.1 Å². The first kappa shape index (κ1) is 18.9. The van der Waals surface area contributed by atoms with Crippen molar-refractivity contribution in [2.45, 2.75) is 40.2 Å². The van der Waals surface area contributed by atoms with Gasteiger partial charge in [-0.2, -0.15) is 0 Å². The van der Waals surface area contributed by atoms with Gasteiger partial charge in [0.1, 0.15) is 11.5 Å². The molecule has 0 saturated carbocycles. The third-order valence-corrected chi connectivity index (χ3v) is 4.05. The maximum atomic E-state index is 12.8. The van der Waals surface area contributed by atoms with Gasteiger partial charge in [0.05, 0.1) is 18.9 Å². The van der Waals surface area contributed by atoms with Crippen LogP contribution in [-0.4, -0.2) is 24.1 Å². The molecule has 136 valence electrons. The minimum atomic E-state index is -0.131.